The number of ether oxygens (including phenoxy) is 2. The number of halogens is 4. The number of rotatable bonds is 3. The molecule has 0 aliphatic carbocycles. The van der Waals surface area contributed by atoms with Crippen LogP contribution < -0.4 is 9.47 Å². The quantitative estimate of drug-likeness (QED) is 0.798. The highest BCUT2D eigenvalue weighted by Gasteiger charge is 2.34. The second kappa shape index (κ2) is 5.36. The van der Waals surface area contributed by atoms with Gasteiger partial charge in [-0.1, -0.05) is 0 Å². The molecule has 0 saturated heterocycles. The molecule has 20 heavy (non-hydrogen) atoms. The molecule has 106 valence electrons. The van der Waals surface area contributed by atoms with Gasteiger partial charge in [0.2, 0.25) is 5.88 Å². The molecule has 0 radical (unpaired) electrons. The van der Waals surface area contributed by atoms with Gasteiger partial charge in [0.1, 0.15) is 17.3 Å². The standard InChI is InChI=1S/C13H9F4NO2/c1-19-12-5-3-9(7-18-12)20-8-2-4-11(14)10(6-8)13(15,16)17/h2-7H,1H3. The third-order valence-electron chi connectivity index (χ3n) is 2.40. The number of nitrogens with zero attached hydrogens (tertiary/aromatic N) is 1. The molecule has 0 unspecified atom stereocenters. The van der Waals surface area contributed by atoms with Gasteiger partial charge in [-0.3, -0.25) is 0 Å². The van der Waals surface area contributed by atoms with Crippen LogP contribution in [0.5, 0.6) is 17.4 Å². The Hall–Kier alpha value is -2.31. The molecule has 0 spiro atoms. The van der Waals surface area contributed by atoms with E-state index < -0.39 is 17.6 Å². The van der Waals surface area contributed by atoms with E-state index in [-0.39, 0.29) is 11.5 Å². The highest BCUT2D eigenvalue weighted by atomic mass is 19.4. The van der Waals surface area contributed by atoms with Crippen molar-refractivity contribution in [3.05, 3.63) is 47.9 Å². The molecule has 3 nitrogen and oxygen atoms in total. The van der Waals surface area contributed by atoms with E-state index in [0.717, 1.165) is 6.07 Å². The highest BCUT2D eigenvalue weighted by Crippen LogP contribution is 2.34. The van der Waals surface area contributed by atoms with E-state index in [1.807, 2.05) is 0 Å². The van der Waals surface area contributed by atoms with Crippen molar-refractivity contribution in [2.24, 2.45) is 0 Å². The summed E-state index contributed by atoms with van der Waals surface area (Å²) in [4.78, 5) is 3.84. The zero-order chi connectivity index (χ0) is 14.8. The van der Waals surface area contributed by atoms with Crippen molar-refractivity contribution in [2.75, 3.05) is 7.11 Å². The molecule has 0 atom stereocenters. The van der Waals surface area contributed by atoms with Gasteiger partial charge in [-0.15, -0.1) is 0 Å². The Morgan fingerprint density at radius 2 is 1.75 bits per heavy atom. The Morgan fingerprint density at radius 3 is 2.30 bits per heavy atom. The molecule has 0 fully saturated rings. The summed E-state index contributed by atoms with van der Waals surface area (Å²) in [5.41, 5.74) is -1.38. The van der Waals surface area contributed by atoms with E-state index in [1.165, 1.54) is 25.4 Å². The molecule has 7 heteroatoms. The number of pyridine rings is 1. The third-order valence-corrected chi connectivity index (χ3v) is 2.40. The number of aromatic nitrogens is 1. The van der Waals surface area contributed by atoms with Crippen LogP contribution in [0.4, 0.5) is 17.6 Å². The normalized spacial score (nSPS) is 11.2. The molecular formula is C13H9F4NO2. The number of alkyl halides is 3. The Bertz CT molecular complexity index is 596. The van der Waals surface area contributed by atoms with Gasteiger partial charge in [0.15, 0.2) is 0 Å². The Labute approximate surface area is 111 Å². The molecule has 1 heterocycles. The lowest BCUT2D eigenvalue weighted by Gasteiger charge is -2.11. The number of hydrogen-bond acceptors (Lipinski definition) is 3. The minimum atomic E-state index is -4.78. The summed E-state index contributed by atoms with van der Waals surface area (Å²) in [5, 5.41) is 0. The lowest BCUT2D eigenvalue weighted by molar-refractivity contribution is -0.140. The maximum atomic E-state index is 13.1. The van der Waals surface area contributed by atoms with E-state index in [4.69, 9.17) is 9.47 Å². The van der Waals surface area contributed by atoms with Crippen LogP contribution in [0.2, 0.25) is 0 Å². The van der Waals surface area contributed by atoms with E-state index in [2.05, 4.69) is 4.98 Å². The summed E-state index contributed by atoms with van der Waals surface area (Å²) in [5.74, 6) is -0.929. The molecule has 0 aliphatic heterocycles. The lowest BCUT2D eigenvalue weighted by atomic mass is 10.2. The van der Waals surface area contributed by atoms with Gasteiger partial charge in [0, 0.05) is 6.07 Å². The summed E-state index contributed by atoms with van der Waals surface area (Å²) in [6, 6.07) is 5.37. The van der Waals surface area contributed by atoms with Gasteiger partial charge >= 0.3 is 6.18 Å². The minimum Gasteiger partial charge on any atom is -0.481 e. The molecule has 1 aromatic carbocycles. The second-order valence-electron chi connectivity index (χ2n) is 3.78. The Kier molecular flexibility index (Phi) is 3.78. The number of benzene rings is 1. The van der Waals surface area contributed by atoms with E-state index >= 15 is 0 Å². The summed E-state index contributed by atoms with van der Waals surface area (Å²) in [6.45, 7) is 0. The van der Waals surface area contributed by atoms with Gasteiger partial charge in [-0.05, 0) is 24.3 Å². The van der Waals surface area contributed by atoms with Crippen molar-refractivity contribution in [3.8, 4) is 17.4 Å². The van der Waals surface area contributed by atoms with Crippen LogP contribution in [0, 0.1) is 5.82 Å². The molecule has 0 saturated carbocycles. The molecule has 2 aromatic rings. The molecule has 0 amide bonds. The van der Waals surface area contributed by atoms with Crippen LogP contribution in [0.15, 0.2) is 36.5 Å². The van der Waals surface area contributed by atoms with Crippen LogP contribution >= 0.6 is 0 Å². The first-order valence-electron chi connectivity index (χ1n) is 5.45. The topological polar surface area (TPSA) is 31.4 Å². The first kappa shape index (κ1) is 14.1. The molecular weight excluding hydrogens is 278 g/mol. The zero-order valence-corrected chi connectivity index (χ0v) is 10.2. The molecule has 0 bridgehead atoms. The fraction of sp³-hybridized carbons (Fsp3) is 0.154. The van der Waals surface area contributed by atoms with E-state index in [0.29, 0.717) is 18.0 Å². The average Bonchev–Trinajstić information content (AvgIpc) is 2.40. The van der Waals surface area contributed by atoms with Crippen molar-refractivity contribution < 1.29 is 27.0 Å². The Balaban J connectivity index is 2.25. The monoisotopic (exact) mass is 287 g/mol. The molecule has 1 aromatic heterocycles. The summed E-state index contributed by atoms with van der Waals surface area (Å²) in [7, 11) is 1.43. The predicted octanol–water partition coefficient (Wildman–Crippen LogP) is 4.04. The van der Waals surface area contributed by atoms with Crippen molar-refractivity contribution >= 4 is 0 Å². The fourth-order valence-corrected chi connectivity index (χ4v) is 1.47. The van der Waals surface area contributed by atoms with Gasteiger partial charge < -0.3 is 9.47 Å². The predicted molar refractivity (Wildman–Crippen MR) is 62.3 cm³/mol. The van der Waals surface area contributed by atoms with Gasteiger partial charge in [0.05, 0.1) is 18.9 Å². The van der Waals surface area contributed by atoms with Gasteiger partial charge in [-0.25, -0.2) is 9.37 Å². The van der Waals surface area contributed by atoms with Crippen molar-refractivity contribution in [3.63, 3.8) is 0 Å². The van der Waals surface area contributed by atoms with Crippen LogP contribution in [-0.2, 0) is 6.18 Å². The smallest absolute Gasteiger partial charge is 0.419 e. The zero-order valence-electron chi connectivity index (χ0n) is 10.2. The van der Waals surface area contributed by atoms with Crippen molar-refractivity contribution in [1.29, 1.82) is 0 Å². The van der Waals surface area contributed by atoms with Gasteiger partial charge in [-0.2, -0.15) is 13.2 Å². The summed E-state index contributed by atoms with van der Waals surface area (Å²) < 4.78 is 60.7. The largest absolute Gasteiger partial charge is 0.481 e. The highest BCUT2D eigenvalue weighted by molar-refractivity contribution is 5.35. The fourth-order valence-electron chi connectivity index (χ4n) is 1.47. The second-order valence-corrected chi connectivity index (χ2v) is 3.78. The molecule has 2 rings (SSSR count). The first-order valence-corrected chi connectivity index (χ1v) is 5.45. The molecule has 0 N–H and O–H groups in total. The Morgan fingerprint density at radius 1 is 1.05 bits per heavy atom. The van der Waals surface area contributed by atoms with Crippen LogP contribution in [0.3, 0.4) is 0 Å². The molecule has 0 aliphatic rings. The summed E-state index contributed by atoms with van der Waals surface area (Å²) in [6.07, 6.45) is -3.49. The third kappa shape index (κ3) is 3.17. The van der Waals surface area contributed by atoms with Gasteiger partial charge in [0.25, 0.3) is 0 Å². The maximum absolute atomic E-state index is 13.1. The van der Waals surface area contributed by atoms with Crippen molar-refractivity contribution in [1.82, 2.24) is 4.98 Å². The SMILES string of the molecule is COc1ccc(Oc2ccc(F)c(C(F)(F)F)c2)cn1. The number of methoxy groups -OCH3 is 1. The minimum absolute atomic E-state index is 0.134. The van der Waals surface area contributed by atoms with E-state index in [1.54, 1.807) is 0 Å². The van der Waals surface area contributed by atoms with Crippen LogP contribution in [-0.4, -0.2) is 12.1 Å². The van der Waals surface area contributed by atoms with E-state index in [9.17, 15) is 17.6 Å². The lowest BCUT2D eigenvalue weighted by Crippen LogP contribution is -2.08. The first-order chi connectivity index (χ1) is 9.40. The van der Waals surface area contributed by atoms with Crippen LogP contribution in [0.1, 0.15) is 5.56 Å². The average molecular weight is 287 g/mol. The van der Waals surface area contributed by atoms with Crippen molar-refractivity contribution in [2.45, 2.75) is 6.18 Å². The number of hydrogen-bond donors (Lipinski definition) is 0. The summed E-state index contributed by atoms with van der Waals surface area (Å²) >= 11 is 0. The maximum Gasteiger partial charge on any atom is 0.419 e. The van der Waals surface area contributed by atoms with Crippen LogP contribution in [0.25, 0.3) is 0 Å².